The molecule has 4 N–H and O–H groups in total. The van der Waals surface area contributed by atoms with E-state index in [1.807, 2.05) is 6.92 Å². The van der Waals surface area contributed by atoms with Crippen molar-refractivity contribution in [3.8, 4) is 0 Å². The van der Waals surface area contributed by atoms with E-state index in [4.69, 9.17) is 5.73 Å². The normalized spacial score (nSPS) is 18.0. The van der Waals surface area contributed by atoms with E-state index in [9.17, 15) is 13.2 Å². The molecule has 0 saturated heterocycles. The SMILES string of the molecule is C[C@@H](CN)NC(=O)CCCCCN=C1NS(=O)(=O)c2ccccc21. The summed E-state index contributed by atoms with van der Waals surface area (Å²) in [6.07, 6.45) is 2.90. The number of aliphatic imine (C=N–C) groups is 1. The fraction of sp³-hybridized carbons (Fsp3) is 0.500. The van der Waals surface area contributed by atoms with Crippen LogP contribution in [0, 0.1) is 0 Å². The van der Waals surface area contributed by atoms with Crippen molar-refractivity contribution in [3.05, 3.63) is 29.8 Å². The van der Waals surface area contributed by atoms with Crippen molar-refractivity contribution in [2.24, 2.45) is 10.7 Å². The number of hydrogen-bond acceptors (Lipinski definition) is 5. The van der Waals surface area contributed by atoms with Gasteiger partial charge in [0.1, 0.15) is 5.84 Å². The molecule has 0 aromatic heterocycles. The molecule has 24 heavy (non-hydrogen) atoms. The van der Waals surface area contributed by atoms with Crippen LogP contribution in [0.5, 0.6) is 0 Å². The summed E-state index contributed by atoms with van der Waals surface area (Å²) in [5.41, 5.74) is 6.07. The van der Waals surface area contributed by atoms with Crippen molar-refractivity contribution < 1.29 is 13.2 Å². The molecule has 1 aliphatic heterocycles. The first-order valence-electron chi connectivity index (χ1n) is 8.10. The fourth-order valence-corrected chi connectivity index (χ4v) is 3.67. The molecule has 0 aliphatic carbocycles. The first-order chi connectivity index (χ1) is 11.4. The molecule has 7 nitrogen and oxygen atoms in total. The second-order valence-corrected chi connectivity index (χ2v) is 7.50. The summed E-state index contributed by atoms with van der Waals surface area (Å²) in [7, 11) is -3.47. The van der Waals surface area contributed by atoms with Crippen molar-refractivity contribution in [2.75, 3.05) is 13.1 Å². The second-order valence-electron chi connectivity index (χ2n) is 5.85. The number of amidine groups is 1. The minimum absolute atomic E-state index is 0.000594. The Morgan fingerprint density at radius 2 is 2.04 bits per heavy atom. The van der Waals surface area contributed by atoms with E-state index in [0.717, 1.165) is 19.3 Å². The third kappa shape index (κ3) is 4.78. The van der Waals surface area contributed by atoms with Gasteiger partial charge in [-0.3, -0.25) is 14.5 Å². The summed E-state index contributed by atoms with van der Waals surface area (Å²) in [5.74, 6) is 0.414. The van der Waals surface area contributed by atoms with Crippen LogP contribution in [0.4, 0.5) is 0 Å². The van der Waals surface area contributed by atoms with E-state index in [-0.39, 0.29) is 16.8 Å². The van der Waals surface area contributed by atoms with Gasteiger partial charge in [-0.1, -0.05) is 18.6 Å². The number of nitrogens with zero attached hydrogens (tertiary/aromatic N) is 1. The minimum Gasteiger partial charge on any atom is -0.352 e. The molecular weight excluding hydrogens is 328 g/mol. The zero-order valence-corrected chi connectivity index (χ0v) is 14.6. The Kier molecular flexibility index (Phi) is 6.33. The van der Waals surface area contributed by atoms with E-state index in [1.54, 1.807) is 24.3 Å². The van der Waals surface area contributed by atoms with Crippen molar-refractivity contribution in [1.29, 1.82) is 0 Å². The number of sulfonamides is 1. The third-order valence-corrected chi connectivity index (χ3v) is 5.15. The largest absolute Gasteiger partial charge is 0.352 e. The van der Waals surface area contributed by atoms with E-state index in [1.165, 1.54) is 0 Å². The summed E-state index contributed by atoms with van der Waals surface area (Å²) in [5, 5.41) is 2.82. The molecule has 2 rings (SSSR count). The van der Waals surface area contributed by atoms with Gasteiger partial charge in [-0.25, -0.2) is 8.42 Å². The second kappa shape index (κ2) is 8.25. The number of unbranched alkanes of at least 4 members (excludes halogenated alkanes) is 2. The van der Waals surface area contributed by atoms with Crippen LogP contribution in [0.25, 0.3) is 0 Å². The van der Waals surface area contributed by atoms with E-state index >= 15 is 0 Å². The molecule has 1 amide bonds. The van der Waals surface area contributed by atoms with Gasteiger partial charge in [-0.2, -0.15) is 0 Å². The average Bonchev–Trinajstić information content (AvgIpc) is 2.82. The van der Waals surface area contributed by atoms with Crippen LogP contribution in [-0.4, -0.2) is 39.3 Å². The summed E-state index contributed by atoms with van der Waals surface area (Å²) in [6.45, 7) is 2.82. The zero-order chi connectivity index (χ0) is 17.6. The maximum Gasteiger partial charge on any atom is 0.263 e. The van der Waals surface area contributed by atoms with Gasteiger partial charge < -0.3 is 11.1 Å². The Morgan fingerprint density at radius 1 is 1.29 bits per heavy atom. The van der Waals surface area contributed by atoms with Crippen LogP contribution in [-0.2, 0) is 14.8 Å². The lowest BCUT2D eigenvalue weighted by atomic mass is 10.1. The molecule has 1 heterocycles. The molecule has 1 aromatic carbocycles. The predicted octanol–water partition coefficient (Wildman–Crippen LogP) is 0.749. The number of rotatable bonds is 8. The van der Waals surface area contributed by atoms with Crippen molar-refractivity contribution in [1.82, 2.24) is 10.0 Å². The first kappa shape index (κ1) is 18.4. The minimum atomic E-state index is -3.47. The fourth-order valence-electron chi connectivity index (χ4n) is 2.42. The molecule has 0 fully saturated rings. The Bertz CT molecular complexity index is 716. The van der Waals surface area contributed by atoms with Gasteiger partial charge in [0, 0.05) is 31.1 Å². The lowest BCUT2D eigenvalue weighted by Crippen LogP contribution is -2.37. The number of hydrogen-bond donors (Lipinski definition) is 3. The summed E-state index contributed by atoms with van der Waals surface area (Å²) in [6, 6.07) is 6.80. The number of amides is 1. The monoisotopic (exact) mass is 352 g/mol. The Labute approximate surface area is 142 Å². The predicted molar refractivity (Wildman–Crippen MR) is 93.3 cm³/mol. The highest BCUT2D eigenvalue weighted by Crippen LogP contribution is 2.22. The van der Waals surface area contributed by atoms with Gasteiger partial charge in [-0.15, -0.1) is 0 Å². The molecule has 132 valence electrons. The average molecular weight is 352 g/mol. The molecule has 0 radical (unpaired) electrons. The maximum atomic E-state index is 11.9. The quantitative estimate of drug-likeness (QED) is 0.599. The standard InChI is InChI=1S/C16H24N4O3S/c1-12(11-17)19-15(21)9-3-2-6-10-18-16-13-7-4-5-8-14(13)24(22,23)20-16/h4-5,7-8,12H,2-3,6,9-11,17H2,1H3,(H,18,20)(H,19,21)/t12-/m0/s1. The Morgan fingerprint density at radius 3 is 2.79 bits per heavy atom. The van der Waals surface area contributed by atoms with Crippen LogP contribution in [0.3, 0.4) is 0 Å². The molecule has 0 saturated carbocycles. The molecule has 0 spiro atoms. The molecule has 8 heteroatoms. The highest BCUT2D eigenvalue weighted by molar-refractivity contribution is 7.90. The van der Waals surface area contributed by atoms with Gasteiger partial charge in [-0.05, 0) is 31.9 Å². The van der Waals surface area contributed by atoms with Crippen LogP contribution in [0.2, 0.25) is 0 Å². The number of nitrogens with one attached hydrogen (secondary N) is 2. The van der Waals surface area contributed by atoms with Gasteiger partial charge in [0.15, 0.2) is 0 Å². The molecule has 0 unspecified atom stereocenters. The van der Waals surface area contributed by atoms with Crippen LogP contribution >= 0.6 is 0 Å². The molecular formula is C16H24N4O3S. The van der Waals surface area contributed by atoms with Gasteiger partial charge in [0.25, 0.3) is 10.0 Å². The lowest BCUT2D eigenvalue weighted by molar-refractivity contribution is -0.121. The third-order valence-electron chi connectivity index (χ3n) is 3.76. The van der Waals surface area contributed by atoms with Gasteiger partial charge in [0.05, 0.1) is 4.90 Å². The van der Waals surface area contributed by atoms with Crippen LogP contribution in [0.1, 0.15) is 38.2 Å². The van der Waals surface area contributed by atoms with Gasteiger partial charge in [0.2, 0.25) is 5.91 Å². The number of carbonyl (C=O) groups is 1. The highest BCUT2D eigenvalue weighted by atomic mass is 32.2. The first-order valence-corrected chi connectivity index (χ1v) is 9.58. The number of benzene rings is 1. The van der Waals surface area contributed by atoms with Crippen LogP contribution in [0.15, 0.2) is 34.2 Å². The molecule has 1 aromatic rings. The number of fused-ring (bicyclic) bond motifs is 1. The summed E-state index contributed by atoms with van der Waals surface area (Å²) >= 11 is 0. The summed E-state index contributed by atoms with van der Waals surface area (Å²) in [4.78, 5) is 16.2. The Balaban J connectivity index is 1.75. The van der Waals surface area contributed by atoms with Crippen molar-refractivity contribution in [3.63, 3.8) is 0 Å². The van der Waals surface area contributed by atoms with Crippen LogP contribution < -0.4 is 15.8 Å². The van der Waals surface area contributed by atoms with E-state index in [2.05, 4.69) is 15.0 Å². The lowest BCUT2D eigenvalue weighted by Gasteiger charge is -2.10. The summed E-state index contributed by atoms with van der Waals surface area (Å²) < 4.78 is 26.4. The molecule has 1 aliphatic rings. The van der Waals surface area contributed by atoms with E-state index < -0.39 is 10.0 Å². The van der Waals surface area contributed by atoms with Crippen molar-refractivity contribution in [2.45, 2.75) is 43.5 Å². The zero-order valence-electron chi connectivity index (χ0n) is 13.8. The number of nitrogens with two attached hydrogens (primary N) is 1. The van der Waals surface area contributed by atoms with Gasteiger partial charge >= 0.3 is 0 Å². The smallest absolute Gasteiger partial charge is 0.263 e. The Hall–Kier alpha value is -1.93. The number of carbonyl (C=O) groups excluding carboxylic acids is 1. The van der Waals surface area contributed by atoms with E-state index in [0.29, 0.717) is 30.9 Å². The molecule has 0 bridgehead atoms. The maximum absolute atomic E-state index is 11.9. The van der Waals surface area contributed by atoms with Crippen molar-refractivity contribution >= 4 is 21.8 Å². The highest BCUT2D eigenvalue weighted by Gasteiger charge is 2.29. The molecule has 1 atom stereocenters. The topological polar surface area (TPSA) is 114 Å².